The maximum absolute atomic E-state index is 9.55. The minimum atomic E-state index is -0.587. The van der Waals surface area contributed by atoms with Crippen molar-refractivity contribution >= 4 is 0 Å². The van der Waals surface area contributed by atoms with E-state index in [4.69, 9.17) is 0 Å². The zero-order chi connectivity index (χ0) is 11.7. The lowest BCUT2D eigenvalue weighted by Crippen LogP contribution is -2.39. The molecule has 0 aliphatic heterocycles. The lowest BCUT2D eigenvalue weighted by Gasteiger charge is -2.21. The fraction of sp³-hybridized carbons (Fsp3) is 1.00. The second-order valence-corrected chi connectivity index (χ2v) is 5.30. The highest BCUT2D eigenvalue weighted by molar-refractivity contribution is 4.71. The molecule has 0 heterocycles. The smallest absolute Gasteiger partial charge is 0.0715 e. The molecule has 0 bridgehead atoms. The molecule has 15 heavy (non-hydrogen) atoms. The lowest BCUT2D eigenvalue weighted by atomic mass is 10.1. The first-order valence-corrected chi connectivity index (χ1v) is 6.41. The molecule has 0 aliphatic carbocycles. The molecule has 1 atom stereocenters. The van der Waals surface area contributed by atoms with E-state index < -0.39 is 5.60 Å². The van der Waals surface area contributed by atoms with Gasteiger partial charge in [0.1, 0.15) is 0 Å². The molecule has 0 saturated carbocycles. The van der Waals surface area contributed by atoms with Crippen molar-refractivity contribution in [3.05, 3.63) is 0 Å². The van der Waals surface area contributed by atoms with Crippen LogP contribution in [0.2, 0.25) is 0 Å². The van der Waals surface area contributed by atoms with E-state index in [1.54, 1.807) is 0 Å². The topological polar surface area (TPSA) is 32.3 Å². The van der Waals surface area contributed by atoms with E-state index >= 15 is 0 Å². The predicted molar refractivity (Wildman–Crippen MR) is 67.1 cm³/mol. The van der Waals surface area contributed by atoms with Gasteiger partial charge in [0.25, 0.3) is 0 Å². The molecule has 0 aromatic carbocycles. The molecule has 0 aromatic rings. The largest absolute Gasteiger partial charge is 0.389 e. The Labute approximate surface area is 95.5 Å². The first-order chi connectivity index (χ1) is 6.95. The van der Waals surface area contributed by atoms with Crippen LogP contribution in [0.5, 0.6) is 0 Å². The number of nitrogens with one attached hydrogen (secondary N) is 1. The third-order valence-electron chi connectivity index (χ3n) is 2.62. The average Bonchev–Trinajstić information content (AvgIpc) is 2.13. The first kappa shape index (κ1) is 14.9. The van der Waals surface area contributed by atoms with E-state index in [1.165, 1.54) is 38.5 Å². The van der Waals surface area contributed by atoms with Crippen molar-refractivity contribution < 1.29 is 5.11 Å². The molecule has 0 saturated heterocycles. The minimum Gasteiger partial charge on any atom is -0.389 e. The van der Waals surface area contributed by atoms with Crippen LogP contribution >= 0.6 is 0 Å². The molecule has 2 N–H and O–H groups in total. The summed E-state index contributed by atoms with van der Waals surface area (Å²) in [6, 6.07) is 0.526. The van der Waals surface area contributed by atoms with Crippen molar-refractivity contribution in [2.45, 2.75) is 77.9 Å². The van der Waals surface area contributed by atoms with Crippen molar-refractivity contribution in [2.75, 3.05) is 6.54 Å². The summed E-state index contributed by atoms with van der Waals surface area (Å²) in [7, 11) is 0. The molecule has 0 amide bonds. The van der Waals surface area contributed by atoms with Crippen LogP contribution in [0.1, 0.15) is 66.2 Å². The van der Waals surface area contributed by atoms with Gasteiger partial charge in [0.05, 0.1) is 5.60 Å². The van der Waals surface area contributed by atoms with Crippen molar-refractivity contribution in [3.63, 3.8) is 0 Å². The summed E-state index contributed by atoms with van der Waals surface area (Å²) >= 11 is 0. The van der Waals surface area contributed by atoms with E-state index in [0.29, 0.717) is 12.6 Å². The molecular weight excluding hydrogens is 186 g/mol. The van der Waals surface area contributed by atoms with Gasteiger partial charge in [-0.15, -0.1) is 0 Å². The number of unbranched alkanes of at least 4 members (excludes halogenated alkanes) is 4. The van der Waals surface area contributed by atoms with Gasteiger partial charge >= 0.3 is 0 Å². The normalized spacial score (nSPS) is 14.2. The SMILES string of the molecule is CCCCCCCC(C)NCC(C)(C)O. The summed E-state index contributed by atoms with van der Waals surface area (Å²) in [5.41, 5.74) is -0.587. The van der Waals surface area contributed by atoms with E-state index in [-0.39, 0.29) is 0 Å². The average molecular weight is 215 g/mol. The predicted octanol–water partition coefficient (Wildman–Crippen LogP) is 3.10. The van der Waals surface area contributed by atoms with Crippen LogP contribution in [-0.2, 0) is 0 Å². The molecule has 0 radical (unpaired) electrons. The Bertz CT molecular complexity index is 140. The van der Waals surface area contributed by atoms with Gasteiger partial charge in [0.15, 0.2) is 0 Å². The van der Waals surface area contributed by atoms with Crippen LogP contribution in [0.4, 0.5) is 0 Å². The summed E-state index contributed by atoms with van der Waals surface area (Å²) in [6.45, 7) is 8.81. The van der Waals surface area contributed by atoms with Crippen molar-refractivity contribution in [3.8, 4) is 0 Å². The molecular formula is C13H29NO. The maximum atomic E-state index is 9.55. The van der Waals surface area contributed by atoms with Gasteiger partial charge in [-0.2, -0.15) is 0 Å². The highest BCUT2D eigenvalue weighted by atomic mass is 16.3. The minimum absolute atomic E-state index is 0.526. The third-order valence-corrected chi connectivity index (χ3v) is 2.62. The van der Waals surface area contributed by atoms with Gasteiger partial charge in [0, 0.05) is 12.6 Å². The van der Waals surface area contributed by atoms with Gasteiger partial charge in [-0.1, -0.05) is 39.0 Å². The molecule has 0 fully saturated rings. The van der Waals surface area contributed by atoms with E-state index in [1.807, 2.05) is 13.8 Å². The third kappa shape index (κ3) is 11.8. The van der Waals surface area contributed by atoms with Crippen LogP contribution in [-0.4, -0.2) is 23.3 Å². The van der Waals surface area contributed by atoms with E-state index in [9.17, 15) is 5.11 Å². The first-order valence-electron chi connectivity index (χ1n) is 6.41. The van der Waals surface area contributed by atoms with Gasteiger partial charge in [-0.05, 0) is 27.2 Å². The summed E-state index contributed by atoms with van der Waals surface area (Å²) in [6.07, 6.45) is 7.93. The number of rotatable bonds is 9. The van der Waals surface area contributed by atoms with Crippen LogP contribution < -0.4 is 5.32 Å². The monoisotopic (exact) mass is 215 g/mol. The van der Waals surface area contributed by atoms with Crippen LogP contribution in [0.15, 0.2) is 0 Å². The van der Waals surface area contributed by atoms with Crippen molar-refractivity contribution in [1.82, 2.24) is 5.32 Å². The second-order valence-electron chi connectivity index (χ2n) is 5.30. The summed E-state index contributed by atoms with van der Waals surface area (Å²) in [5.74, 6) is 0. The van der Waals surface area contributed by atoms with E-state index in [2.05, 4.69) is 19.2 Å². The van der Waals surface area contributed by atoms with Crippen LogP contribution in [0.25, 0.3) is 0 Å². The molecule has 1 unspecified atom stereocenters. The summed E-state index contributed by atoms with van der Waals surface area (Å²) in [4.78, 5) is 0. The lowest BCUT2D eigenvalue weighted by molar-refractivity contribution is 0.0766. The standard InChI is InChI=1S/C13H29NO/c1-5-6-7-8-9-10-12(2)14-11-13(3,4)15/h12,14-15H,5-11H2,1-4H3. The highest BCUT2D eigenvalue weighted by Crippen LogP contribution is 2.07. The van der Waals surface area contributed by atoms with Crippen LogP contribution in [0, 0.1) is 0 Å². The van der Waals surface area contributed by atoms with Crippen molar-refractivity contribution in [2.24, 2.45) is 0 Å². The van der Waals surface area contributed by atoms with Gasteiger partial charge in [-0.3, -0.25) is 0 Å². The van der Waals surface area contributed by atoms with Crippen molar-refractivity contribution in [1.29, 1.82) is 0 Å². The number of hydrogen-bond donors (Lipinski definition) is 2. The number of hydrogen-bond acceptors (Lipinski definition) is 2. The Morgan fingerprint density at radius 2 is 1.73 bits per heavy atom. The second kappa shape index (κ2) is 8.12. The Kier molecular flexibility index (Phi) is 8.07. The Morgan fingerprint density at radius 1 is 1.13 bits per heavy atom. The quantitative estimate of drug-likeness (QED) is 0.579. The van der Waals surface area contributed by atoms with Gasteiger partial charge in [0.2, 0.25) is 0 Å². The summed E-state index contributed by atoms with van der Waals surface area (Å²) in [5, 5.41) is 12.9. The zero-order valence-corrected chi connectivity index (χ0v) is 11.0. The maximum Gasteiger partial charge on any atom is 0.0715 e. The fourth-order valence-electron chi connectivity index (χ4n) is 1.58. The molecule has 2 heteroatoms. The fourth-order valence-corrected chi connectivity index (χ4v) is 1.58. The molecule has 0 aromatic heterocycles. The van der Waals surface area contributed by atoms with Crippen LogP contribution in [0.3, 0.4) is 0 Å². The highest BCUT2D eigenvalue weighted by Gasteiger charge is 2.13. The van der Waals surface area contributed by atoms with Gasteiger partial charge in [-0.25, -0.2) is 0 Å². The molecule has 0 aliphatic rings. The summed E-state index contributed by atoms with van der Waals surface area (Å²) < 4.78 is 0. The molecule has 0 rings (SSSR count). The molecule has 0 spiro atoms. The number of aliphatic hydroxyl groups is 1. The Balaban J connectivity index is 3.30. The van der Waals surface area contributed by atoms with E-state index in [0.717, 1.165) is 0 Å². The Morgan fingerprint density at radius 3 is 2.27 bits per heavy atom. The molecule has 92 valence electrons. The van der Waals surface area contributed by atoms with Gasteiger partial charge < -0.3 is 10.4 Å². The zero-order valence-electron chi connectivity index (χ0n) is 11.0. The molecule has 2 nitrogen and oxygen atoms in total. The Hall–Kier alpha value is -0.0800.